The van der Waals surface area contributed by atoms with Gasteiger partial charge in [-0.05, 0) is 61.6 Å². The number of aromatic nitrogens is 1. The van der Waals surface area contributed by atoms with E-state index in [0.29, 0.717) is 21.9 Å². The molecule has 1 saturated carbocycles. The van der Waals surface area contributed by atoms with E-state index >= 15 is 0 Å². The fraction of sp³-hybridized carbons (Fsp3) is 0.391. The van der Waals surface area contributed by atoms with Gasteiger partial charge in [-0.15, -0.1) is 0 Å². The number of aliphatic hydroxyl groups excluding tert-OH is 1. The number of rotatable bonds is 7. The minimum atomic E-state index is -0.321. The second kappa shape index (κ2) is 9.72. The Labute approximate surface area is 184 Å². The maximum Gasteiger partial charge on any atom is 0.240 e. The van der Waals surface area contributed by atoms with E-state index in [0.717, 1.165) is 37.0 Å². The maximum atomic E-state index is 13.4. The number of carbonyl (C=O) groups excluding carboxylic acids is 1. The lowest BCUT2D eigenvalue weighted by Crippen LogP contribution is -2.42. The van der Waals surface area contributed by atoms with Crippen LogP contribution in [0, 0.1) is 5.82 Å². The normalized spacial score (nSPS) is 19.0. The minimum absolute atomic E-state index is 0.159. The Kier molecular flexibility index (Phi) is 6.80. The molecule has 0 spiro atoms. The average Bonchev–Trinajstić information content (AvgIpc) is 3.15. The number of benzene rings is 2. The standard InChI is InChI=1S/C23H26FN3O3S/c1-30-19-4-2-3-15(11-19)13-27(17-6-8-18(28)9-7-17)14-22(29)26-23-25-20-10-5-16(24)12-21(20)31-23/h2-5,10-12,17-18,28H,6-9,13-14H2,1H3,(H,25,26,29). The number of hydrogen-bond donors (Lipinski definition) is 2. The van der Waals surface area contributed by atoms with Gasteiger partial charge < -0.3 is 15.2 Å². The van der Waals surface area contributed by atoms with Crippen LogP contribution in [0.5, 0.6) is 5.75 Å². The van der Waals surface area contributed by atoms with Crippen molar-refractivity contribution < 1.29 is 19.0 Å². The quantitative estimate of drug-likeness (QED) is 0.573. The predicted octanol–water partition coefficient (Wildman–Crippen LogP) is 4.19. The van der Waals surface area contributed by atoms with Gasteiger partial charge in [-0.2, -0.15) is 0 Å². The lowest BCUT2D eigenvalue weighted by Gasteiger charge is -2.35. The summed E-state index contributed by atoms with van der Waals surface area (Å²) < 4.78 is 19.5. The first-order valence-corrected chi connectivity index (χ1v) is 11.2. The number of aliphatic hydroxyl groups is 1. The number of anilines is 1. The number of nitrogens with one attached hydrogen (secondary N) is 1. The van der Waals surface area contributed by atoms with Crippen LogP contribution in [0.25, 0.3) is 10.2 Å². The van der Waals surface area contributed by atoms with Crippen molar-refractivity contribution in [2.45, 2.75) is 44.4 Å². The maximum absolute atomic E-state index is 13.4. The fourth-order valence-corrected chi connectivity index (χ4v) is 4.94. The Balaban J connectivity index is 1.47. The molecule has 1 aliphatic rings. The molecule has 2 N–H and O–H groups in total. The zero-order valence-corrected chi connectivity index (χ0v) is 18.2. The van der Waals surface area contributed by atoms with Gasteiger partial charge in [-0.3, -0.25) is 9.69 Å². The summed E-state index contributed by atoms with van der Waals surface area (Å²) in [6.45, 7) is 0.818. The van der Waals surface area contributed by atoms with Gasteiger partial charge >= 0.3 is 0 Å². The molecule has 0 bridgehead atoms. The summed E-state index contributed by atoms with van der Waals surface area (Å²) in [6, 6.07) is 12.4. The van der Waals surface area contributed by atoms with Crippen LogP contribution in [0.3, 0.4) is 0 Å². The van der Waals surface area contributed by atoms with Crippen LogP contribution in [-0.2, 0) is 11.3 Å². The lowest BCUT2D eigenvalue weighted by molar-refractivity contribution is -0.118. The Morgan fingerprint density at radius 1 is 1.26 bits per heavy atom. The van der Waals surface area contributed by atoms with Gasteiger partial charge in [0.1, 0.15) is 11.6 Å². The van der Waals surface area contributed by atoms with Gasteiger partial charge in [0.05, 0.1) is 30.0 Å². The highest BCUT2D eigenvalue weighted by Gasteiger charge is 2.27. The molecule has 1 aromatic heterocycles. The third kappa shape index (κ3) is 5.58. The fourth-order valence-electron chi connectivity index (χ4n) is 4.04. The Bertz CT molecular complexity index is 1050. The molecule has 1 heterocycles. The molecule has 6 nitrogen and oxygen atoms in total. The molecule has 31 heavy (non-hydrogen) atoms. The summed E-state index contributed by atoms with van der Waals surface area (Å²) >= 11 is 1.26. The summed E-state index contributed by atoms with van der Waals surface area (Å²) in [4.78, 5) is 19.4. The number of amides is 1. The number of nitrogens with zero attached hydrogens (tertiary/aromatic N) is 2. The van der Waals surface area contributed by atoms with Gasteiger partial charge in [0.25, 0.3) is 0 Å². The van der Waals surface area contributed by atoms with E-state index in [4.69, 9.17) is 4.74 Å². The van der Waals surface area contributed by atoms with Crippen LogP contribution >= 0.6 is 11.3 Å². The van der Waals surface area contributed by atoms with Crippen LogP contribution in [0.4, 0.5) is 9.52 Å². The summed E-state index contributed by atoms with van der Waals surface area (Å²) in [5.41, 5.74) is 1.73. The highest BCUT2D eigenvalue weighted by Crippen LogP contribution is 2.28. The van der Waals surface area contributed by atoms with E-state index < -0.39 is 0 Å². The Hall–Kier alpha value is -2.55. The van der Waals surface area contributed by atoms with Crippen LogP contribution in [0.1, 0.15) is 31.2 Å². The number of thiazole rings is 1. The summed E-state index contributed by atoms with van der Waals surface area (Å²) in [6.07, 6.45) is 2.92. The lowest BCUT2D eigenvalue weighted by atomic mass is 9.91. The van der Waals surface area contributed by atoms with E-state index in [1.54, 1.807) is 13.2 Å². The van der Waals surface area contributed by atoms with Crippen molar-refractivity contribution in [2.24, 2.45) is 0 Å². The first-order chi connectivity index (χ1) is 15.0. The molecule has 8 heteroatoms. The van der Waals surface area contributed by atoms with Gasteiger partial charge in [0.15, 0.2) is 5.13 Å². The van der Waals surface area contributed by atoms with Crippen LogP contribution in [0.2, 0.25) is 0 Å². The molecular formula is C23H26FN3O3S. The van der Waals surface area contributed by atoms with Crippen molar-refractivity contribution in [1.29, 1.82) is 0 Å². The molecule has 0 unspecified atom stereocenters. The van der Waals surface area contributed by atoms with Gasteiger partial charge in [0.2, 0.25) is 5.91 Å². The van der Waals surface area contributed by atoms with Crippen LogP contribution in [-0.4, -0.2) is 46.7 Å². The predicted molar refractivity (Wildman–Crippen MR) is 120 cm³/mol. The number of halogens is 1. The third-order valence-corrected chi connectivity index (χ3v) is 6.58. The first-order valence-electron chi connectivity index (χ1n) is 10.4. The van der Waals surface area contributed by atoms with Crippen LogP contribution in [0.15, 0.2) is 42.5 Å². The smallest absolute Gasteiger partial charge is 0.240 e. The van der Waals surface area contributed by atoms with E-state index in [9.17, 15) is 14.3 Å². The van der Waals surface area contributed by atoms with Crippen LogP contribution < -0.4 is 10.1 Å². The second-order valence-corrected chi connectivity index (χ2v) is 8.93. The molecule has 164 valence electrons. The molecule has 0 saturated heterocycles. The molecule has 0 atom stereocenters. The zero-order valence-electron chi connectivity index (χ0n) is 17.4. The Morgan fingerprint density at radius 2 is 2.06 bits per heavy atom. The Morgan fingerprint density at radius 3 is 2.84 bits per heavy atom. The number of carbonyl (C=O) groups is 1. The summed E-state index contributed by atoms with van der Waals surface area (Å²) in [5.74, 6) is 0.300. The molecular weight excluding hydrogens is 417 g/mol. The highest BCUT2D eigenvalue weighted by molar-refractivity contribution is 7.22. The summed E-state index contributed by atoms with van der Waals surface area (Å²) in [7, 11) is 1.64. The molecule has 1 aliphatic carbocycles. The van der Waals surface area contributed by atoms with E-state index in [1.165, 1.54) is 23.5 Å². The molecule has 0 radical (unpaired) electrons. The van der Waals surface area contributed by atoms with E-state index in [-0.39, 0.29) is 30.4 Å². The van der Waals surface area contributed by atoms with Crippen molar-refractivity contribution in [1.82, 2.24) is 9.88 Å². The molecule has 1 amide bonds. The number of hydrogen-bond acceptors (Lipinski definition) is 6. The largest absolute Gasteiger partial charge is 0.497 e. The second-order valence-electron chi connectivity index (χ2n) is 7.90. The molecule has 2 aromatic carbocycles. The molecule has 3 aromatic rings. The highest BCUT2D eigenvalue weighted by atomic mass is 32.1. The van der Waals surface area contributed by atoms with Gasteiger partial charge in [-0.25, -0.2) is 9.37 Å². The topological polar surface area (TPSA) is 74.7 Å². The van der Waals surface area contributed by atoms with Crippen molar-refractivity contribution in [3.8, 4) is 5.75 Å². The zero-order chi connectivity index (χ0) is 21.8. The molecule has 0 aliphatic heterocycles. The SMILES string of the molecule is COc1cccc(CN(CC(=O)Nc2nc3ccc(F)cc3s2)C2CCC(O)CC2)c1. The third-order valence-electron chi connectivity index (χ3n) is 5.65. The molecule has 4 rings (SSSR count). The number of ether oxygens (including phenoxy) is 1. The van der Waals surface area contributed by atoms with Crippen molar-refractivity contribution in [3.63, 3.8) is 0 Å². The first kappa shape index (κ1) is 21.7. The van der Waals surface area contributed by atoms with Crippen molar-refractivity contribution in [3.05, 3.63) is 53.8 Å². The van der Waals surface area contributed by atoms with Crippen molar-refractivity contribution >= 4 is 32.6 Å². The van der Waals surface area contributed by atoms with E-state index in [2.05, 4.69) is 15.2 Å². The minimum Gasteiger partial charge on any atom is -0.497 e. The monoisotopic (exact) mass is 443 g/mol. The van der Waals surface area contributed by atoms with Gasteiger partial charge in [0, 0.05) is 12.6 Å². The molecule has 1 fully saturated rings. The average molecular weight is 444 g/mol. The number of methoxy groups -OCH3 is 1. The summed E-state index contributed by atoms with van der Waals surface area (Å²) in [5, 5.41) is 13.2. The van der Waals surface area contributed by atoms with Crippen molar-refractivity contribution in [2.75, 3.05) is 19.0 Å². The van der Waals surface area contributed by atoms with Gasteiger partial charge in [-0.1, -0.05) is 23.5 Å². The van der Waals surface area contributed by atoms with E-state index in [1.807, 2.05) is 24.3 Å². The number of fused-ring (bicyclic) bond motifs is 1.